The maximum atomic E-state index is 14.2. The quantitative estimate of drug-likeness (QED) is 0.428. The van der Waals surface area contributed by atoms with Crippen LogP contribution in [0.2, 0.25) is 0 Å². The number of hydrogen-bond donors (Lipinski definition) is 2. The number of nitrogens with zero attached hydrogens (tertiary/aromatic N) is 1. The van der Waals surface area contributed by atoms with E-state index < -0.39 is 35.2 Å². The highest BCUT2D eigenvalue weighted by Crippen LogP contribution is 2.37. The van der Waals surface area contributed by atoms with Crippen molar-refractivity contribution in [3.8, 4) is 11.6 Å². The second kappa shape index (κ2) is 9.21. The highest BCUT2D eigenvalue weighted by molar-refractivity contribution is 5.94. The van der Waals surface area contributed by atoms with E-state index >= 15 is 0 Å². The summed E-state index contributed by atoms with van der Waals surface area (Å²) in [5.74, 6) is -3.78. The number of nitrogens with one attached hydrogen (secondary N) is 1. The molecule has 0 aliphatic heterocycles. The van der Waals surface area contributed by atoms with Crippen LogP contribution in [0, 0.1) is 11.6 Å². The van der Waals surface area contributed by atoms with Gasteiger partial charge in [-0.15, -0.1) is 0 Å². The SMILES string of the molecule is CCc1cc(F)cc(F)c1CNc1ccc(Oc2ncccc2C(F)(F)F)cc1C(=O)O. The molecule has 2 N–H and O–H groups in total. The summed E-state index contributed by atoms with van der Waals surface area (Å²) >= 11 is 0. The van der Waals surface area contributed by atoms with Gasteiger partial charge < -0.3 is 15.2 Å². The Morgan fingerprint density at radius 2 is 1.91 bits per heavy atom. The van der Waals surface area contributed by atoms with E-state index in [0.29, 0.717) is 12.0 Å². The molecular weight excluding hydrogens is 435 g/mol. The number of halogens is 5. The van der Waals surface area contributed by atoms with Crippen LogP contribution in [0.3, 0.4) is 0 Å². The summed E-state index contributed by atoms with van der Waals surface area (Å²) in [5.41, 5.74) is -0.756. The number of ether oxygens (including phenoxy) is 1. The zero-order chi connectivity index (χ0) is 23.5. The number of rotatable bonds is 7. The normalized spacial score (nSPS) is 11.3. The molecule has 3 rings (SSSR count). The second-order valence-corrected chi connectivity index (χ2v) is 6.70. The van der Waals surface area contributed by atoms with Crippen LogP contribution in [-0.4, -0.2) is 16.1 Å². The summed E-state index contributed by atoms with van der Waals surface area (Å²) in [6, 6.07) is 7.38. The lowest BCUT2D eigenvalue weighted by Gasteiger charge is -2.15. The lowest BCUT2D eigenvalue weighted by Crippen LogP contribution is -2.10. The van der Waals surface area contributed by atoms with Crippen molar-refractivity contribution >= 4 is 11.7 Å². The predicted octanol–water partition coefficient (Wildman–Crippen LogP) is 6.04. The highest BCUT2D eigenvalue weighted by atomic mass is 19.4. The number of aryl methyl sites for hydroxylation is 1. The van der Waals surface area contributed by atoms with Gasteiger partial charge in [0.15, 0.2) is 0 Å². The van der Waals surface area contributed by atoms with Crippen molar-refractivity contribution in [1.82, 2.24) is 4.98 Å². The first-order valence-corrected chi connectivity index (χ1v) is 9.38. The van der Waals surface area contributed by atoms with Gasteiger partial charge >= 0.3 is 12.1 Å². The third-order valence-corrected chi connectivity index (χ3v) is 4.60. The molecule has 0 atom stereocenters. The third kappa shape index (κ3) is 5.13. The maximum absolute atomic E-state index is 14.2. The molecule has 0 fully saturated rings. The smallest absolute Gasteiger partial charge is 0.421 e. The van der Waals surface area contributed by atoms with Gasteiger partial charge in [0.25, 0.3) is 0 Å². The first kappa shape index (κ1) is 23.0. The van der Waals surface area contributed by atoms with E-state index in [2.05, 4.69) is 10.3 Å². The zero-order valence-corrected chi connectivity index (χ0v) is 16.6. The van der Waals surface area contributed by atoms with Crippen LogP contribution in [0.5, 0.6) is 11.6 Å². The molecule has 0 aliphatic carbocycles. The predicted molar refractivity (Wildman–Crippen MR) is 106 cm³/mol. The number of pyridine rings is 1. The van der Waals surface area contributed by atoms with Gasteiger partial charge in [0.1, 0.15) is 22.9 Å². The number of benzene rings is 2. The molecule has 0 saturated carbocycles. The molecule has 0 spiro atoms. The van der Waals surface area contributed by atoms with Crippen molar-refractivity contribution in [3.05, 3.63) is 82.5 Å². The molecule has 168 valence electrons. The topological polar surface area (TPSA) is 71.5 Å². The molecule has 1 aromatic heterocycles. The van der Waals surface area contributed by atoms with E-state index in [1.165, 1.54) is 18.2 Å². The fraction of sp³-hybridized carbons (Fsp3) is 0.182. The molecule has 0 amide bonds. The molecule has 5 nitrogen and oxygen atoms in total. The number of carbonyl (C=O) groups is 1. The Labute approximate surface area is 179 Å². The highest BCUT2D eigenvalue weighted by Gasteiger charge is 2.35. The fourth-order valence-electron chi connectivity index (χ4n) is 3.07. The van der Waals surface area contributed by atoms with Gasteiger partial charge in [-0.2, -0.15) is 13.2 Å². The molecular formula is C22H17F5N2O3. The number of alkyl halides is 3. The second-order valence-electron chi connectivity index (χ2n) is 6.70. The molecule has 3 aromatic rings. The summed E-state index contributed by atoms with van der Waals surface area (Å²) in [5, 5.41) is 12.3. The molecule has 1 heterocycles. The molecule has 0 unspecified atom stereocenters. The van der Waals surface area contributed by atoms with Crippen LogP contribution in [0.1, 0.15) is 34.0 Å². The molecule has 32 heavy (non-hydrogen) atoms. The summed E-state index contributed by atoms with van der Waals surface area (Å²) in [6.45, 7) is 1.59. The van der Waals surface area contributed by atoms with Crippen LogP contribution < -0.4 is 10.1 Å². The van der Waals surface area contributed by atoms with Crippen molar-refractivity contribution in [2.75, 3.05) is 5.32 Å². The number of aromatic carboxylic acids is 1. The Kier molecular flexibility index (Phi) is 6.61. The van der Waals surface area contributed by atoms with Crippen molar-refractivity contribution in [3.63, 3.8) is 0 Å². The molecule has 0 radical (unpaired) electrons. The van der Waals surface area contributed by atoms with Gasteiger partial charge in [-0.25, -0.2) is 18.6 Å². The van der Waals surface area contributed by atoms with Gasteiger partial charge in [-0.05, 0) is 48.4 Å². The van der Waals surface area contributed by atoms with Crippen molar-refractivity contribution in [1.29, 1.82) is 0 Å². The lowest BCUT2D eigenvalue weighted by molar-refractivity contribution is -0.138. The Bertz CT molecular complexity index is 1150. The Balaban J connectivity index is 1.88. The average molecular weight is 452 g/mol. The molecule has 2 aromatic carbocycles. The molecule has 0 saturated heterocycles. The van der Waals surface area contributed by atoms with Crippen LogP contribution in [0.15, 0.2) is 48.7 Å². The van der Waals surface area contributed by atoms with E-state index in [1.54, 1.807) is 6.92 Å². The van der Waals surface area contributed by atoms with Crippen LogP contribution in [0.4, 0.5) is 27.6 Å². The van der Waals surface area contributed by atoms with E-state index in [0.717, 1.165) is 30.5 Å². The summed E-state index contributed by atoms with van der Waals surface area (Å²) < 4.78 is 72.2. The van der Waals surface area contributed by atoms with E-state index in [4.69, 9.17) is 4.74 Å². The Hall–Kier alpha value is -3.69. The Morgan fingerprint density at radius 1 is 1.16 bits per heavy atom. The van der Waals surface area contributed by atoms with Crippen LogP contribution in [-0.2, 0) is 19.1 Å². The van der Waals surface area contributed by atoms with E-state index in [-0.39, 0.29) is 29.1 Å². The first-order chi connectivity index (χ1) is 15.1. The van der Waals surface area contributed by atoms with Crippen LogP contribution >= 0.6 is 0 Å². The van der Waals surface area contributed by atoms with Crippen LogP contribution in [0.25, 0.3) is 0 Å². The van der Waals surface area contributed by atoms with Gasteiger partial charge in [0.2, 0.25) is 5.88 Å². The van der Waals surface area contributed by atoms with Crippen molar-refractivity contribution in [2.24, 2.45) is 0 Å². The largest absolute Gasteiger partial charge is 0.478 e. The minimum atomic E-state index is -4.71. The summed E-state index contributed by atoms with van der Waals surface area (Å²) in [4.78, 5) is 15.3. The van der Waals surface area contributed by atoms with Gasteiger partial charge in [0, 0.05) is 30.1 Å². The summed E-state index contributed by atoms with van der Waals surface area (Å²) in [7, 11) is 0. The van der Waals surface area contributed by atoms with Crippen molar-refractivity contribution in [2.45, 2.75) is 26.1 Å². The lowest BCUT2D eigenvalue weighted by atomic mass is 10.0. The number of aromatic nitrogens is 1. The molecule has 0 bridgehead atoms. The average Bonchev–Trinajstić information content (AvgIpc) is 2.72. The number of anilines is 1. The molecule has 0 aliphatic rings. The first-order valence-electron chi connectivity index (χ1n) is 9.38. The summed E-state index contributed by atoms with van der Waals surface area (Å²) in [6.07, 6.45) is -3.24. The maximum Gasteiger partial charge on any atom is 0.421 e. The van der Waals surface area contributed by atoms with Gasteiger partial charge in [0.05, 0.1) is 5.56 Å². The zero-order valence-electron chi connectivity index (χ0n) is 16.6. The van der Waals surface area contributed by atoms with E-state index in [9.17, 15) is 31.9 Å². The monoisotopic (exact) mass is 452 g/mol. The number of hydrogen-bond acceptors (Lipinski definition) is 4. The number of carboxylic acids is 1. The Morgan fingerprint density at radius 3 is 2.56 bits per heavy atom. The third-order valence-electron chi connectivity index (χ3n) is 4.60. The molecule has 10 heteroatoms. The minimum absolute atomic E-state index is 0.0766. The van der Waals surface area contributed by atoms with Gasteiger partial charge in [-0.1, -0.05) is 6.92 Å². The van der Waals surface area contributed by atoms with Crippen molar-refractivity contribution < 1.29 is 36.6 Å². The van der Waals surface area contributed by atoms with E-state index in [1.807, 2.05) is 0 Å². The standard InChI is InChI=1S/C22H17F5N2O3/c1-2-12-8-13(23)9-18(24)16(12)11-29-19-6-5-14(10-15(19)21(30)31)32-20-17(22(25,26)27)4-3-7-28-20/h3-10,29H,2,11H2,1H3,(H,30,31). The van der Waals surface area contributed by atoms with Gasteiger partial charge in [-0.3, -0.25) is 0 Å². The minimum Gasteiger partial charge on any atom is -0.478 e. The fourth-order valence-corrected chi connectivity index (χ4v) is 3.07. The number of carboxylic acid groups (broad SMARTS) is 1.